The Bertz CT molecular complexity index is 1170. The van der Waals surface area contributed by atoms with Gasteiger partial charge in [0.05, 0.1) is 11.4 Å². The first-order valence-electron chi connectivity index (χ1n) is 9.42. The molecule has 0 aliphatic heterocycles. The van der Waals surface area contributed by atoms with Crippen molar-refractivity contribution in [3.8, 4) is 11.3 Å². The van der Waals surface area contributed by atoms with E-state index in [1.54, 1.807) is 0 Å². The predicted octanol–water partition coefficient (Wildman–Crippen LogP) is 5.64. The third-order valence-corrected chi connectivity index (χ3v) is 5.78. The van der Waals surface area contributed by atoms with E-state index in [0.29, 0.717) is 0 Å². The largest absolute Gasteiger partial charge is 0.325 e. The Labute approximate surface area is 174 Å². The lowest BCUT2D eigenvalue weighted by Crippen LogP contribution is -2.14. The molecule has 0 atom stereocenters. The SMILES string of the molecule is Cc1ccc(-c2ccc(SCC(=O)Nc3cccc4ccccc34)nn2)cc1C. The first-order chi connectivity index (χ1) is 14.1. The van der Waals surface area contributed by atoms with Gasteiger partial charge in [-0.15, -0.1) is 10.2 Å². The number of carbonyl (C=O) groups excluding carboxylic acids is 1. The van der Waals surface area contributed by atoms with Crippen LogP contribution in [-0.4, -0.2) is 21.9 Å². The van der Waals surface area contributed by atoms with Crippen LogP contribution < -0.4 is 5.32 Å². The van der Waals surface area contributed by atoms with Gasteiger partial charge in [-0.1, -0.05) is 60.3 Å². The number of aryl methyl sites for hydroxylation is 2. The minimum Gasteiger partial charge on any atom is -0.325 e. The summed E-state index contributed by atoms with van der Waals surface area (Å²) >= 11 is 1.38. The van der Waals surface area contributed by atoms with Crippen LogP contribution in [0.2, 0.25) is 0 Å². The Balaban J connectivity index is 1.39. The van der Waals surface area contributed by atoms with Crippen LogP contribution in [0.5, 0.6) is 0 Å². The number of hydrogen-bond donors (Lipinski definition) is 1. The van der Waals surface area contributed by atoms with Crippen LogP contribution in [0.15, 0.2) is 77.8 Å². The zero-order chi connectivity index (χ0) is 20.2. The van der Waals surface area contributed by atoms with Gasteiger partial charge in [-0.2, -0.15) is 0 Å². The van der Waals surface area contributed by atoms with Gasteiger partial charge in [-0.25, -0.2) is 0 Å². The van der Waals surface area contributed by atoms with Gasteiger partial charge in [0, 0.05) is 16.6 Å². The van der Waals surface area contributed by atoms with Gasteiger partial charge in [-0.05, 0) is 54.6 Å². The third kappa shape index (κ3) is 4.46. The molecule has 0 spiro atoms. The van der Waals surface area contributed by atoms with E-state index in [-0.39, 0.29) is 11.7 Å². The van der Waals surface area contributed by atoms with Gasteiger partial charge in [0.15, 0.2) is 0 Å². The number of hydrogen-bond acceptors (Lipinski definition) is 4. The van der Waals surface area contributed by atoms with E-state index in [1.165, 1.54) is 22.9 Å². The Hall–Kier alpha value is -3.18. The van der Waals surface area contributed by atoms with Gasteiger partial charge in [0.2, 0.25) is 5.91 Å². The van der Waals surface area contributed by atoms with E-state index in [4.69, 9.17) is 0 Å². The van der Waals surface area contributed by atoms with Crippen molar-refractivity contribution in [2.45, 2.75) is 18.9 Å². The lowest BCUT2D eigenvalue weighted by molar-refractivity contribution is -0.113. The second kappa shape index (κ2) is 8.45. The second-order valence-electron chi connectivity index (χ2n) is 6.92. The number of nitrogens with zero attached hydrogens (tertiary/aromatic N) is 2. The van der Waals surface area contributed by atoms with Gasteiger partial charge in [0.25, 0.3) is 0 Å². The number of nitrogens with one attached hydrogen (secondary N) is 1. The minimum absolute atomic E-state index is 0.0635. The summed E-state index contributed by atoms with van der Waals surface area (Å²) in [5.41, 5.74) is 5.19. The van der Waals surface area contributed by atoms with Crippen molar-refractivity contribution >= 4 is 34.1 Å². The molecule has 4 nitrogen and oxygen atoms in total. The van der Waals surface area contributed by atoms with E-state index < -0.39 is 0 Å². The number of anilines is 1. The van der Waals surface area contributed by atoms with Gasteiger partial charge in [-0.3, -0.25) is 4.79 Å². The van der Waals surface area contributed by atoms with Crippen LogP contribution in [0, 0.1) is 13.8 Å². The van der Waals surface area contributed by atoms with E-state index in [2.05, 4.69) is 47.6 Å². The molecule has 3 aromatic carbocycles. The molecule has 0 fully saturated rings. The molecule has 1 amide bonds. The average molecular weight is 400 g/mol. The fourth-order valence-electron chi connectivity index (χ4n) is 3.11. The topological polar surface area (TPSA) is 54.9 Å². The van der Waals surface area contributed by atoms with Crippen molar-refractivity contribution in [1.82, 2.24) is 10.2 Å². The van der Waals surface area contributed by atoms with E-state index in [9.17, 15) is 4.79 Å². The number of benzene rings is 3. The van der Waals surface area contributed by atoms with E-state index >= 15 is 0 Å². The minimum atomic E-state index is -0.0635. The lowest BCUT2D eigenvalue weighted by atomic mass is 10.0. The molecule has 0 bridgehead atoms. The first kappa shape index (κ1) is 19.2. The molecule has 0 aliphatic rings. The summed E-state index contributed by atoms with van der Waals surface area (Å²) < 4.78 is 0. The summed E-state index contributed by atoms with van der Waals surface area (Å²) in [6.45, 7) is 4.18. The molecule has 0 saturated heterocycles. The second-order valence-corrected chi connectivity index (χ2v) is 7.92. The Kier molecular flexibility index (Phi) is 5.58. The fourth-order valence-corrected chi connectivity index (χ4v) is 3.73. The molecule has 29 heavy (non-hydrogen) atoms. The van der Waals surface area contributed by atoms with Crippen LogP contribution >= 0.6 is 11.8 Å². The quantitative estimate of drug-likeness (QED) is 0.441. The van der Waals surface area contributed by atoms with Gasteiger partial charge >= 0.3 is 0 Å². The molecular weight excluding hydrogens is 378 g/mol. The van der Waals surface area contributed by atoms with E-state index in [0.717, 1.165) is 32.7 Å². The molecule has 1 heterocycles. The molecule has 4 aromatic rings. The monoisotopic (exact) mass is 399 g/mol. The first-order valence-corrected chi connectivity index (χ1v) is 10.4. The van der Waals surface area contributed by atoms with Crippen LogP contribution in [0.3, 0.4) is 0 Å². The number of amides is 1. The van der Waals surface area contributed by atoms with Crippen LogP contribution in [-0.2, 0) is 4.79 Å². The molecule has 0 aliphatic carbocycles. The molecule has 1 aromatic heterocycles. The molecule has 0 radical (unpaired) electrons. The molecule has 4 rings (SSSR count). The van der Waals surface area contributed by atoms with Crippen molar-refractivity contribution in [3.63, 3.8) is 0 Å². The highest BCUT2D eigenvalue weighted by Gasteiger charge is 2.08. The number of rotatable bonds is 5. The standard InChI is InChI=1S/C24H21N3OS/c1-16-10-11-19(14-17(16)2)21-12-13-24(27-26-21)29-15-23(28)25-22-9-5-7-18-6-3-4-8-20(18)22/h3-14H,15H2,1-2H3,(H,25,28). The van der Waals surface area contributed by atoms with E-state index in [1.807, 2.05) is 54.6 Å². The fraction of sp³-hybridized carbons (Fsp3) is 0.125. The molecule has 5 heteroatoms. The summed E-state index contributed by atoms with van der Waals surface area (Å²) in [7, 11) is 0. The van der Waals surface area contributed by atoms with Crippen molar-refractivity contribution < 1.29 is 4.79 Å². The maximum atomic E-state index is 12.4. The summed E-state index contributed by atoms with van der Waals surface area (Å²) in [6.07, 6.45) is 0. The molecule has 0 unspecified atom stereocenters. The maximum absolute atomic E-state index is 12.4. The Morgan fingerprint density at radius 3 is 2.52 bits per heavy atom. The van der Waals surface area contributed by atoms with Gasteiger partial charge < -0.3 is 5.32 Å². The van der Waals surface area contributed by atoms with Crippen LogP contribution in [0.25, 0.3) is 22.0 Å². The van der Waals surface area contributed by atoms with Crippen molar-refractivity contribution in [2.24, 2.45) is 0 Å². The number of thioether (sulfide) groups is 1. The van der Waals surface area contributed by atoms with Crippen LogP contribution in [0.1, 0.15) is 11.1 Å². The third-order valence-electron chi connectivity index (χ3n) is 4.86. The highest BCUT2D eigenvalue weighted by Crippen LogP contribution is 2.24. The molecular formula is C24H21N3OS. The summed E-state index contributed by atoms with van der Waals surface area (Å²) in [5, 5.41) is 14.4. The summed E-state index contributed by atoms with van der Waals surface area (Å²) in [4.78, 5) is 12.4. The number of carbonyl (C=O) groups is 1. The zero-order valence-corrected chi connectivity index (χ0v) is 17.2. The normalized spacial score (nSPS) is 10.8. The Morgan fingerprint density at radius 2 is 1.72 bits per heavy atom. The average Bonchev–Trinajstić information content (AvgIpc) is 2.75. The summed E-state index contributed by atoms with van der Waals surface area (Å²) in [6, 6.07) is 24.0. The van der Waals surface area contributed by atoms with Gasteiger partial charge in [0.1, 0.15) is 5.03 Å². The zero-order valence-electron chi connectivity index (χ0n) is 16.3. The molecule has 0 saturated carbocycles. The van der Waals surface area contributed by atoms with Crippen molar-refractivity contribution in [1.29, 1.82) is 0 Å². The molecule has 144 valence electrons. The van der Waals surface area contributed by atoms with Crippen molar-refractivity contribution in [2.75, 3.05) is 11.1 Å². The number of fused-ring (bicyclic) bond motifs is 1. The van der Waals surface area contributed by atoms with Crippen LogP contribution in [0.4, 0.5) is 5.69 Å². The molecule has 1 N–H and O–H groups in total. The lowest BCUT2D eigenvalue weighted by Gasteiger charge is -2.08. The maximum Gasteiger partial charge on any atom is 0.234 e. The van der Waals surface area contributed by atoms with Crippen molar-refractivity contribution in [3.05, 3.63) is 83.9 Å². The Morgan fingerprint density at radius 1 is 0.897 bits per heavy atom. The highest BCUT2D eigenvalue weighted by molar-refractivity contribution is 7.99. The highest BCUT2D eigenvalue weighted by atomic mass is 32.2. The predicted molar refractivity (Wildman–Crippen MR) is 120 cm³/mol. The summed E-state index contributed by atoms with van der Waals surface area (Å²) in [5.74, 6) is 0.215. The smallest absolute Gasteiger partial charge is 0.234 e. The number of aromatic nitrogens is 2.